The summed E-state index contributed by atoms with van der Waals surface area (Å²) >= 11 is 0. The van der Waals surface area contributed by atoms with Crippen molar-refractivity contribution in [2.45, 2.75) is 65.6 Å². The fraction of sp³-hybridized carbons (Fsp3) is 0.923. The first-order valence-corrected chi connectivity index (χ1v) is 6.69. The number of nitrogens with zero attached hydrogens (tertiary/aromatic N) is 1. The Morgan fingerprint density at radius 2 is 1.72 bits per heavy atom. The molecule has 5 heteroatoms. The number of halogens is 1. The SMILES string of the molecule is CCCC(N)C(=O)NCCN(C(C)C)C(C)C.Cl. The van der Waals surface area contributed by atoms with Crippen LogP contribution in [0.1, 0.15) is 47.5 Å². The Morgan fingerprint density at radius 1 is 1.22 bits per heavy atom. The van der Waals surface area contributed by atoms with Gasteiger partial charge in [-0.3, -0.25) is 9.69 Å². The standard InChI is InChI=1S/C13H29N3O.ClH/c1-6-7-12(14)13(17)15-8-9-16(10(2)3)11(4)5;/h10-12H,6-9,14H2,1-5H3,(H,15,17);1H. The van der Waals surface area contributed by atoms with Crippen molar-refractivity contribution in [2.24, 2.45) is 5.73 Å². The third-order valence-corrected chi connectivity index (χ3v) is 2.93. The molecule has 18 heavy (non-hydrogen) atoms. The maximum atomic E-state index is 11.6. The summed E-state index contributed by atoms with van der Waals surface area (Å²) < 4.78 is 0. The molecule has 1 unspecified atom stereocenters. The number of nitrogens with one attached hydrogen (secondary N) is 1. The molecule has 0 heterocycles. The van der Waals surface area contributed by atoms with Crippen LogP contribution in [-0.4, -0.2) is 42.0 Å². The highest BCUT2D eigenvalue weighted by Crippen LogP contribution is 2.03. The molecule has 110 valence electrons. The van der Waals surface area contributed by atoms with Crippen LogP contribution < -0.4 is 11.1 Å². The molecule has 0 fully saturated rings. The molecular formula is C13H30ClN3O. The van der Waals surface area contributed by atoms with E-state index in [1.807, 2.05) is 6.92 Å². The van der Waals surface area contributed by atoms with E-state index in [1.165, 1.54) is 0 Å². The summed E-state index contributed by atoms with van der Waals surface area (Å²) in [6.45, 7) is 12.3. The smallest absolute Gasteiger partial charge is 0.236 e. The lowest BCUT2D eigenvalue weighted by molar-refractivity contribution is -0.122. The number of hydrogen-bond donors (Lipinski definition) is 2. The minimum atomic E-state index is -0.355. The van der Waals surface area contributed by atoms with E-state index in [2.05, 4.69) is 37.9 Å². The van der Waals surface area contributed by atoms with Gasteiger partial charge in [0, 0.05) is 25.2 Å². The Balaban J connectivity index is 0. The summed E-state index contributed by atoms with van der Waals surface area (Å²) in [6.07, 6.45) is 1.70. The third kappa shape index (κ3) is 7.90. The molecular weight excluding hydrogens is 250 g/mol. The van der Waals surface area contributed by atoms with Crippen molar-refractivity contribution in [3.63, 3.8) is 0 Å². The minimum absolute atomic E-state index is 0. The van der Waals surface area contributed by atoms with E-state index >= 15 is 0 Å². The number of amides is 1. The average molecular weight is 280 g/mol. The molecule has 0 aromatic carbocycles. The van der Waals surface area contributed by atoms with E-state index in [9.17, 15) is 4.79 Å². The quantitative estimate of drug-likeness (QED) is 0.712. The molecule has 0 aliphatic heterocycles. The van der Waals surface area contributed by atoms with Gasteiger partial charge in [-0.25, -0.2) is 0 Å². The van der Waals surface area contributed by atoms with Crippen molar-refractivity contribution in [1.29, 1.82) is 0 Å². The minimum Gasteiger partial charge on any atom is -0.353 e. The van der Waals surface area contributed by atoms with Gasteiger partial charge in [0.2, 0.25) is 5.91 Å². The number of nitrogens with two attached hydrogens (primary N) is 1. The second-order valence-electron chi connectivity index (χ2n) is 5.11. The van der Waals surface area contributed by atoms with E-state index in [-0.39, 0.29) is 24.4 Å². The average Bonchev–Trinajstić information content (AvgIpc) is 2.23. The van der Waals surface area contributed by atoms with Gasteiger partial charge in [0.1, 0.15) is 0 Å². The zero-order chi connectivity index (χ0) is 13.4. The topological polar surface area (TPSA) is 58.4 Å². The lowest BCUT2D eigenvalue weighted by Gasteiger charge is -2.30. The second kappa shape index (κ2) is 10.6. The van der Waals surface area contributed by atoms with Crippen LogP contribution in [0.5, 0.6) is 0 Å². The molecule has 0 saturated carbocycles. The van der Waals surface area contributed by atoms with E-state index in [0.29, 0.717) is 18.6 Å². The maximum Gasteiger partial charge on any atom is 0.236 e. The highest BCUT2D eigenvalue weighted by molar-refractivity contribution is 5.85. The number of rotatable bonds is 8. The van der Waals surface area contributed by atoms with Gasteiger partial charge in [-0.05, 0) is 34.1 Å². The molecule has 0 rings (SSSR count). The van der Waals surface area contributed by atoms with Crippen LogP contribution in [0.3, 0.4) is 0 Å². The molecule has 0 aliphatic carbocycles. The molecule has 4 nitrogen and oxygen atoms in total. The number of carbonyl (C=O) groups excluding carboxylic acids is 1. The Hall–Kier alpha value is -0.320. The summed E-state index contributed by atoms with van der Waals surface area (Å²) in [7, 11) is 0. The molecule has 0 aliphatic rings. The molecule has 0 saturated heterocycles. The first-order chi connectivity index (χ1) is 7.90. The lowest BCUT2D eigenvalue weighted by Crippen LogP contribution is -2.46. The highest BCUT2D eigenvalue weighted by Gasteiger charge is 2.15. The summed E-state index contributed by atoms with van der Waals surface area (Å²) in [5.74, 6) is -0.0284. The fourth-order valence-electron chi connectivity index (χ4n) is 1.99. The monoisotopic (exact) mass is 279 g/mol. The number of hydrogen-bond acceptors (Lipinski definition) is 3. The van der Waals surface area contributed by atoms with Crippen LogP contribution >= 0.6 is 12.4 Å². The zero-order valence-corrected chi connectivity index (χ0v) is 13.2. The molecule has 0 aromatic heterocycles. The number of carbonyl (C=O) groups is 1. The first kappa shape index (κ1) is 20.0. The molecule has 0 bridgehead atoms. The zero-order valence-electron chi connectivity index (χ0n) is 12.4. The fourth-order valence-corrected chi connectivity index (χ4v) is 1.99. The Bertz CT molecular complexity index is 214. The van der Waals surface area contributed by atoms with Crippen LogP contribution in [0.15, 0.2) is 0 Å². The van der Waals surface area contributed by atoms with Gasteiger partial charge in [-0.15, -0.1) is 12.4 Å². The predicted octanol–water partition coefficient (Wildman–Crippen LogP) is 1.77. The van der Waals surface area contributed by atoms with Crippen molar-refractivity contribution in [3.8, 4) is 0 Å². The van der Waals surface area contributed by atoms with E-state index in [4.69, 9.17) is 5.73 Å². The van der Waals surface area contributed by atoms with Gasteiger partial charge in [-0.2, -0.15) is 0 Å². The summed E-state index contributed by atoms with van der Waals surface area (Å²) in [5.41, 5.74) is 5.74. The third-order valence-electron chi connectivity index (χ3n) is 2.93. The summed E-state index contributed by atoms with van der Waals surface area (Å²) in [6, 6.07) is 0.638. The van der Waals surface area contributed by atoms with Crippen molar-refractivity contribution >= 4 is 18.3 Å². The highest BCUT2D eigenvalue weighted by atomic mass is 35.5. The van der Waals surface area contributed by atoms with E-state index in [1.54, 1.807) is 0 Å². The Kier molecular flexibility index (Phi) is 11.8. The summed E-state index contributed by atoms with van der Waals surface area (Å²) in [5, 5.41) is 2.90. The maximum absolute atomic E-state index is 11.6. The molecule has 0 aromatic rings. The molecule has 1 amide bonds. The van der Waals surface area contributed by atoms with Crippen LogP contribution in [0.25, 0.3) is 0 Å². The predicted molar refractivity (Wildman–Crippen MR) is 80.1 cm³/mol. The summed E-state index contributed by atoms with van der Waals surface area (Å²) in [4.78, 5) is 14.0. The lowest BCUT2D eigenvalue weighted by atomic mass is 10.1. The van der Waals surface area contributed by atoms with Gasteiger partial charge < -0.3 is 11.1 Å². The van der Waals surface area contributed by atoms with Gasteiger partial charge >= 0.3 is 0 Å². The molecule has 1 atom stereocenters. The normalized spacial score (nSPS) is 12.7. The van der Waals surface area contributed by atoms with Gasteiger partial charge in [0.25, 0.3) is 0 Å². The molecule has 0 spiro atoms. The van der Waals surface area contributed by atoms with Crippen molar-refractivity contribution in [1.82, 2.24) is 10.2 Å². The van der Waals surface area contributed by atoms with Crippen molar-refractivity contribution in [3.05, 3.63) is 0 Å². The second-order valence-corrected chi connectivity index (χ2v) is 5.11. The van der Waals surface area contributed by atoms with Crippen LogP contribution in [-0.2, 0) is 4.79 Å². The molecule has 0 radical (unpaired) electrons. The van der Waals surface area contributed by atoms with Crippen LogP contribution in [0.4, 0.5) is 0 Å². The van der Waals surface area contributed by atoms with Crippen LogP contribution in [0, 0.1) is 0 Å². The Labute approximate surface area is 118 Å². The first-order valence-electron chi connectivity index (χ1n) is 6.69. The Morgan fingerprint density at radius 3 is 2.11 bits per heavy atom. The van der Waals surface area contributed by atoms with Gasteiger partial charge in [-0.1, -0.05) is 13.3 Å². The van der Waals surface area contributed by atoms with Gasteiger partial charge in [0.05, 0.1) is 6.04 Å². The van der Waals surface area contributed by atoms with Gasteiger partial charge in [0.15, 0.2) is 0 Å². The van der Waals surface area contributed by atoms with Crippen molar-refractivity contribution in [2.75, 3.05) is 13.1 Å². The largest absolute Gasteiger partial charge is 0.353 e. The van der Waals surface area contributed by atoms with Crippen molar-refractivity contribution < 1.29 is 4.79 Å². The van der Waals surface area contributed by atoms with E-state index < -0.39 is 0 Å². The molecule has 3 N–H and O–H groups in total. The van der Waals surface area contributed by atoms with Crippen LogP contribution in [0.2, 0.25) is 0 Å². The van der Waals surface area contributed by atoms with E-state index in [0.717, 1.165) is 19.4 Å².